The molecular weight excluding hydrogens is 350 g/mol. The molecule has 5 rings (SSSR count). The molecule has 1 aromatic rings. The van der Waals surface area contributed by atoms with Crippen molar-refractivity contribution in [1.29, 1.82) is 0 Å². The maximum atomic E-state index is 12.9. The Morgan fingerprint density at radius 2 is 2.19 bits per heavy atom. The molecule has 3 unspecified atom stereocenters. The highest BCUT2D eigenvalue weighted by atomic mass is 16.7. The fraction of sp³-hybridized carbons (Fsp3) is 0.500. The van der Waals surface area contributed by atoms with E-state index in [0.29, 0.717) is 49.5 Å². The summed E-state index contributed by atoms with van der Waals surface area (Å²) in [5.41, 5.74) is 0.773. The van der Waals surface area contributed by atoms with Gasteiger partial charge < -0.3 is 18.9 Å². The standard InChI is InChI=1S/C20H21NO6/c1-12-10-25-20(27-12)6-5-19-7-8-21(11-22)18(23)13-3-4-14(24-2)17(16(13)19)26-15(19)9-20/h3-6,11-12,15H,7-10H2,1-2H3/t12-,15?,19?,20?/m0/s1. The first-order valence-corrected chi connectivity index (χ1v) is 9.18. The Morgan fingerprint density at radius 3 is 2.89 bits per heavy atom. The fourth-order valence-corrected chi connectivity index (χ4v) is 4.80. The zero-order chi connectivity index (χ0) is 18.8. The lowest BCUT2D eigenvalue weighted by atomic mass is 9.68. The zero-order valence-corrected chi connectivity index (χ0v) is 15.3. The summed E-state index contributed by atoms with van der Waals surface area (Å²) in [5, 5.41) is 0. The van der Waals surface area contributed by atoms with E-state index in [1.54, 1.807) is 19.2 Å². The van der Waals surface area contributed by atoms with Crippen molar-refractivity contribution in [2.45, 2.75) is 43.2 Å². The molecule has 0 bridgehead atoms. The molecule has 4 aliphatic rings. The molecule has 0 radical (unpaired) electrons. The molecule has 0 N–H and O–H groups in total. The summed E-state index contributed by atoms with van der Waals surface area (Å²) in [6.45, 7) is 2.84. The SMILES string of the molecule is COc1ccc2c3c1OC1CC4(C=CC31CCN(C=O)C2=O)OC[C@H](C)O4. The first-order valence-electron chi connectivity index (χ1n) is 9.18. The largest absolute Gasteiger partial charge is 0.493 e. The maximum Gasteiger partial charge on any atom is 0.260 e. The molecule has 1 aromatic carbocycles. The Bertz CT molecular complexity index is 866. The topological polar surface area (TPSA) is 74.3 Å². The number of hydrogen-bond donors (Lipinski definition) is 0. The third-order valence-electron chi connectivity index (χ3n) is 6.09. The van der Waals surface area contributed by atoms with Crippen LogP contribution in [0, 0.1) is 0 Å². The molecule has 7 heteroatoms. The van der Waals surface area contributed by atoms with E-state index in [9.17, 15) is 9.59 Å². The van der Waals surface area contributed by atoms with Crippen molar-refractivity contribution in [2.24, 2.45) is 0 Å². The van der Waals surface area contributed by atoms with Crippen molar-refractivity contribution < 1.29 is 28.5 Å². The predicted octanol–water partition coefficient (Wildman–Crippen LogP) is 1.79. The molecule has 0 saturated carbocycles. The van der Waals surface area contributed by atoms with Crippen molar-refractivity contribution in [3.8, 4) is 11.5 Å². The summed E-state index contributed by atoms with van der Waals surface area (Å²) in [6, 6.07) is 3.44. The molecule has 4 atom stereocenters. The molecule has 1 fully saturated rings. The van der Waals surface area contributed by atoms with E-state index in [1.165, 1.54) is 4.90 Å². The first-order chi connectivity index (χ1) is 13.0. The summed E-state index contributed by atoms with van der Waals surface area (Å²) < 4.78 is 23.8. The van der Waals surface area contributed by atoms with Gasteiger partial charge in [0.05, 0.1) is 25.2 Å². The van der Waals surface area contributed by atoms with E-state index in [1.807, 2.05) is 13.0 Å². The predicted molar refractivity (Wildman–Crippen MR) is 93.8 cm³/mol. The van der Waals surface area contributed by atoms with Gasteiger partial charge in [-0.25, -0.2) is 0 Å². The van der Waals surface area contributed by atoms with Crippen molar-refractivity contribution in [2.75, 3.05) is 20.3 Å². The molecule has 2 amide bonds. The highest BCUT2D eigenvalue weighted by molar-refractivity contribution is 6.03. The van der Waals surface area contributed by atoms with Gasteiger partial charge in [0, 0.05) is 24.1 Å². The Labute approximate surface area is 156 Å². The minimum atomic E-state index is -0.800. The lowest BCUT2D eigenvalue weighted by Crippen LogP contribution is -2.48. The molecule has 1 aliphatic carbocycles. The van der Waals surface area contributed by atoms with Crippen molar-refractivity contribution in [3.63, 3.8) is 0 Å². The Balaban J connectivity index is 1.69. The van der Waals surface area contributed by atoms with Gasteiger partial charge in [-0.15, -0.1) is 0 Å². The van der Waals surface area contributed by atoms with Crippen LogP contribution >= 0.6 is 0 Å². The fourth-order valence-electron chi connectivity index (χ4n) is 4.80. The summed E-state index contributed by atoms with van der Waals surface area (Å²) in [4.78, 5) is 25.6. The van der Waals surface area contributed by atoms with Crippen molar-refractivity contribution in [3.05, 3.63) is 35.4 Å². The van der Waals surface area contributed by atoms with Crippen LogP contribution in [-0.2, 0) is 19.7 Å². The number of hydrogen-bond acceptors (Lipinski definition) is 6. The van der Waals surface area contributed by atoms with Crippen LogP contribution in [0.15, 0.2) is 24.3 Å². The third kappa shape index (κ3) is 2.15. The van der Waals surface area contributed by atoms with Crippen LogP contribution < -0.4 is 9.47 Å². The van der Waals surface area contributed by atoms with Gasteiger partial charge in [0.2, 0.25) is 6.41 Å². The average Bonchev–Trinajstić information content (AvgIpc) is 3.15. The lowest BCUT2D eigenvalue weighted by Gasteiger charge is -2.40. The number of methoxy groups -OCH3 is 1. The highest BCUT2D eigenvalue weighted by Crippen LogP contribution is 2.57. The van der Waals surface area contributed by atoms with Crippen molar-refractivity contribution >= 4 is 12.3 Å². The summed E-state index contributed by atoms with van der Waals surface area (Å²) >= 11 is 0. The molecular formula is C20H21NO6. The summed E-state index contributed by atoms with van der Waals surface area (Å²) in [6.07, 6.45) is 5.45. The normalized spacial score (nSPS) is 36.2. The number of ether oxygens (including phenoxy) is 4. The first kappa shape index (κ1) is 16.8. The number of imide groups is 1. The molecule has 2 spiro atoms. The Morgan fingerprint density at radius 1 is 1.33 bits per heavy atom. The van der Waals surface area contributed by atoms with Gasteiger partial charge >= 0.3 is 0 Å². The van der Waals surface area contributed by atoms with Crippen LogP contribution in [0.2, 0.25) is 0 Å². The number of benzene rings is 1. The Kier molecular flexibility index (Phi) is 3.45. The van der Waals surface area contributed by atoms with Crippen LogP contribution in [0.3, 0.4) is 0 Å². The minimum absolute atomic E-state index is 0.0128. The Hall–Kier alpha value is -2.38. The third-order valence-corrected chi connectivity index (χ3v) is 6.09. The number of amides is 2. The van der Waals surface area contributed by atoms with E-state index in [-0.39, 0.29) is 18.1 Å². The van der Waals surface area contributed by atoms with Gasteiger partial charge in [-0.1, -0.05) is 6.08 Å². The van der Waals surface area contributed by atoms with Gasteiger partial charge in [0.25, 0.3) is 5.91 Å². The van der Waals surface area contributed by atoms with Gasteiger partial charge in [-0.2, -0.15) is 0 Å². The number of carbonyl (C=O) groups excluding carboxylic acids is 2. The summed E-state index contributed by atoms with van der Waals surface area (Å²) in [5.74, 6) is 0.0549. The molecule has 142 valence electrons. The second-order valence-electron chi connectivity index (χ2n) is 7.61. The quantitative estimate of drug-likeness (QED) is 0.583. The second-order valence-corrected chi connectivity index (χ2v) is 7.61. The van der Waals surface area contributed by atoms with E-state index >= 15 is 0 Å². The van der Waals surface area contributed by atoms with E-state index in [4.69, 9.17) is 18.9 Å². The molecule has 0 aromatic heterocycles. The highest BCUT2D eigenvalue weighted by Gasteiger charge is 2.58. The second kappa shape index (κ2) is 5.56. The van der Waals surface area contributed by atoms with Gasteiger partial charge in [-0.05, 0) is 31.6 Å². The van der Waals surface area contributed by atoms with Gasteiger partial charge in [0.1, 0.15) is 6.10 Å². The molecule has 27 heavy (non-hydrogen) atoms. The summed E-state index contributed by atoms with van der Waals surface area (Å²) in [7, 11) is 1.58. The number of nitrogens with zero attached hydrogens (tertiary/aromatic N) is 1. The number of rotatable bonds is 2. The van der Waals surface area contributed by atoms with Crippen LogP contribution in [0.25, 0.3) is 0 Å². The zero-order valence-electron chi connectivity index (χ0n) is 15.3. The maximum absolute atomic E-state index is 12.9. The van der Waals surface area contributed by atoms with Gasteiger partial charge in [0.15, 0.2) is 17.3 Å². The van der Waals surface area contributed by atoms with E-state index in [2.05, 4.69) is 6.08 Å². The van der Waals surface area contributed by atoms with Gasteiger partial charge in [-0.3, -0.25) is 14.5 Å². The monoisotopic (exact) mass is 371 g/mol. The van der Waals surface area contributed by atoms with Crippen LogP contribution in [0.1, 0.15) is 35.7 Å². The van der Waals surface area contributed by atoms with E-state index < -0.39 is 11.2 Å². The minimum Gasteiger partial charge on any atom is -0.493 e. The van der Waals surface area contributed by atoms with Crippen LogP contribution in [-0.4, -0.2) is 55.5 Å². The van der Waals surface area contributed by atoms with Crippen LogP contribution in [0.5, 0.6) is 11.5 Å². The molecule has 7 nitrogen and oxygen atoms in total. The number of carbonyl (C=O) groups is 2. The lowest BCUT2D eigenvalue weighted by molar-refractivity contribution is -0.154. The van der Waals surface area contributed by atoms with Crippen LogP contribution in [0.4, 0.5) is 0 Å². The molecule has 3 aliphatic heterocycles. The molecule has 3 heterocycles. The van der Waals surface area contributed by atoms with E-state index in [0.717, 1.165) is 5.56 Å². The van der Waals surface area contributed by atoms with Crippen molar-refractivity contribution in [1.82, 2.24) is 4.90 Å². The average molecular weight is 371 g/mol. The molecule has 1 saturated heterocycles. The smallest absolute Gasteiger partial charge is 0.260 e.